The van der Waals surface area contributed by atoms with E-state index in [0.717, 1.165) is 17.7 Å². The molecule has 124 valence electrons. The van der Waals surface area contributed by atoms with Gasteiger partial charge in [0.05, 0.1) is 10.4 Å². The maximum absolute atomic E-state index is 12.8. The van der Waals surface area contributed by atoms with Crippen LogP contribution in [0.2, 0.25) is 0 Å². The first-order chi connectivity index (χ1) is 11.5. The van der Waals surface area contributed by atoms with Crippen LogP contribution in [-0.4, -0.2) is 18.4 Å². The second-order valence-corrected chi connectivity index (χ2v) is 8.16. The molecule has 0 unspecified atom stereocenters. The van der Waals surface area contributed by atoms with Crippen LogP contribution in [0, 0.1) is 6.92 Å². The van der Waals surface area contributed by atoms with Crippen molar-refractivity contribution in [1.82, 2.24) is 9.97 Å². The summed E-state index contributed by atoms with van der Waals surface area (Å²) in [6, 6.07) is 9.08. The number of benzene rings is 1. The highest BCUT2D eigenvalue weighted by atomic mass is 32.2. The Hall–Kier alpha value is -2.19. The maximum Gasteiger partial charge on any atom is 0.284 e. The number of nitrogens with one attached hydrogen (secondary N) is 1. The minimum absolute atomic E-state index is 0.110. The van der Waals surface area contributed by atoms with Crippen LogP contribution in [0.15, 0.2) is 45.3 Å². The normalized spacial score (nSPS) is 14.7. The molecular formula is C16H15N3O3S2. The second-order valence-electron chi connectivity index (χ2n) is 5.68. The van der Waals surface area contributed by atoms with Crippen molar-refractivity contribution < 1.29 is 12.8 Å². The fourth-order valence-electron chi connectivity index (χ4n) is 2.50. The number of anilines is 1. The summed E-state index contributed by atoms with van der Waals surface area (Å²) in [6.07, 6.45) is 2.16. The van der Waals surface area contributed by atoms with Gasteiger partial charge in [0.2, 0.25) is 5.03 Å². The molecule has 0 aliphatic heterocycles. The summed E-state index contributed by atoms with van der Waals surface area (Å²) in [5, 5.41) is -0.110. The van der Waals surface area contributed by atoms with Crippen molar-refractivity contribution in [3.8, 4) is 11.3 Å². The molecule has 1 aromatic carbocycles. The summed E-state index contributed by atoms with van der Waals surface area (Å²) >= 11 is 1.48. The zero-order valence-electron chi connectivity index (χ0n) is 12.9. The molecular weight excluding hydrogens is 346 g/mol. The lowest BCUT2D eigenvalue weighted by Gasteiger charge is -2.06. The van der Waals surface area contributed by atoms with Gasteiger partial charge in [-0.2, -0.15) is 13.4 Å². The van der Waals surface area contributed by atoms with Gasteiger partial charge in [-0.3, -0.25) is 4.72 Å². The third-order valence-electron chi connectivity index (χ3n) is 3.77. The Balaban J connectivity index is 1.73. The number of aromatic nitrogens is 2. The van der Waals surface area contributed by atoms with E-state index < -0.39 is 10.0 Å². The van der Waals surface area contributed by atoms with Gasteiger partial charge in [-0.25, -0.2) is 4.98 Å². The minimum atomic E-state index is -3.88. The summed E-state index contributed by atoms with van der Waals surface area (Å²) in [5.74, 6) is 1.36. The second kappa shape index (κ2) is 5.71. The fourth-order valence-corrected chi connectivity index (χ4v) is 4.65. The largest absolute Gasteiger partial charge is 0.440 e. The van der Waals surface area contributed by atoms with Crippen LogP contribution < -0.4 is 4.72 Å². The highest BCUT2D eigenvalue weighted by Gasteiger charge is 2.32. The van der Waals surface area contributed by atoms with Gasteiger partial charge in [0.1, 0.15) is 0 Å². The molecule has 0 spiro atoms. The number of oxazole rings is 1. The van der Waals surface area contributed by atoms with Crippen LogP contribution in [-0.2, 0) is 10.0 Å². The maximum atomic E-state index is 12.8. The Morgan fingerprint density at radius 2 is 2.00 bits per heavy atom. The molecule has 1 saturated carbocycles. The van der Waals surface area contributed by atoms with Crippen molar-refractivity contribution in [2.45, 2.75) is 30.7 Å². The molecule has 24 heavy (non-hydrogen) atoms. The van der Waals surface area contributed by atoms with Gasteiger partial charge in [-0.05, 0) is 18.8 Å². The van der Waals surface area contributed by atoms with E-state index in [0.29, 0.717) is 23.2 Å². The quantitative estimate of drug-likeness (QED) is 0.747. The van der Waals surface area contributed by atoms with Crippen LogP contribution in [0.5, 0.6) is 0 Å². The Labute approximate surface area is 143 Å². The van der Waals surface area contributed by atoms with Crippen LogP contribution in [0.4, 0.5) is 5.82 Å². The van der Waals surface area contributed by atoms with E-state index in [1.807, 2.05) is 18.2 Å². The molecule has 0 atom stereocenters. The summed E-state index contributed by atoms with van der Waals surface area (Å²) in [4.78, 5) is 9.24. The third kappa shape index (κ3) is 2.83. The molecule has 0 radical (unpaired) electrons. The lowest BCUT2D eigenvalue weighted by atomic mass is 10.2. The van der Waals surface area contributed by atoms with Gasteiger partial charge in [-0.1, -0.05) is 30.3 Å². The zero-order valence-corrected chi connectivity index (χ0v) is 14.5. The summed E-state index contributed by atoms with van der Waals surface area (Å²) in [7, 11) is -3.88. The van der Waals surface area contributed by atoms with E-state index in [1.54, 1.807) is 24.6 Å². The summed E-state index contributed by atoms with van der Waals surface area (Å²) in [5.41, 5.74) is 2.33. The van der Waals surface area contributed by atoms with Crippen molar-refractivity contribution in [1.29, 1.82) is 0 Å². The van der Waals surface area contributed by atoms with Crippen LogP contribution in [0.1, 0.15) is 29.5 Å². The molecule has 1 fully saturated rings. The Morgan fingerprint density at radius 1 is 1.25 bits per heavy atom. The number of thiazole rings is 1. The van der Waals surface area contributed by atoms with Crippen LogP contribution in [0.3, 0.4) is 0 Å². The third-order valence-corrected chi connectivity index (χ3v) is 6.01. The van der Waals surface area contributed by atoms with Crippen molar-refractivity contribution in [3.63, 3.8) is 0 Å². The van der Waals surface area contributed by atoms with Gasteiger partial charge in [0.25, 0.3) is 10.0 Å². The van der Waals surface area contributed by atoms with Gasteiger partial charge in [0.15, 0.2) is 17.5 Å². The first-order valence-corrected chi connectivity index (χ1v) is 9.90. The molecule has 0 bridgehead atoms. The van der Waals surface area contributed by atoms with Gasteiger partial charge < -0.3 is 4.42 Å². The molecule has 1 aliphatic rings. The van der Waals surface area contributed by atoms with Crippen LogP contribution >= 0.6 is 11.3 Å². The topological polar surface area (TPSA) is 85.1 Å². The number of hydrogen-bond donors (Lipinski definition) is 1. The van der Waals surface area contributed by atoms with Crippen LogP contribution in [0.25, 0.3) is 11.3 Å². The van der Waals surface area contributed by atoms with E-state index in [-0.39, 0.29) is 10.8 Å². The highest BCUT2D eigenvalue weighted by molar-refractivity contribution is 7.92. The first kappa shape index (κ1) is 15.3. The minimum Gasteiger partial charge on any atom is -0.440 e. The Kier molecular flexibility index (Phi) is 3.65. The lowest BCUT2D eigenvalue weighted by Crippen LogP contribution is -2.15. The molecule has 0 saturated heterocycles. The monoisotopic (exact) mass is 361 g/mol. The molecule has 3 aromatic rings. The smallest absolute Gasteiger partial charge is 0.284 e. The standard InChI is InChI=1S/C16H15N3O3S2/c1-10-18-16(13(22-10)11-5-3-2-4-6-11)24(20,21)19-15-14(12-7-8-12)23-9-17-15/h2-6,9,12,19H,7-8H2,1H3. The average molecular weight is 361 g/mol. The first-order valence-electron chi connectivity index (χ1n) is 7.53. The molecule has 8 heteroatoms. The number of hydrogen-bond acceptors (Lipinski definition) is 6. The Bertz CT molecular complexity index is 973. The number of sulfonamides is 1. The number of rotatable bonds is 5. The molecule has 0 amide bonds. The molecule has 1 N–H and O–H groups in total. The van der Waals surface area contributed by atoms with E-state index in [2.05, 4.69) is 14.7 Å². The predicted molar refractivity (Wildman–Crippen MR) is 91.6 cm³/mol. The summed E-state index contributed by atoms with van der Waals surface area (Å²) in [6.45, 7) is 1.63. The lowest BCUT2D eigenvalue weighted by molar-refractivity contribution is 0.533. The Morgan fingerprint density at radius 3 is 2.71 bits per heavy atom. The van der Waals surface area contributed by atoms with E-state index in [1.165, 1.54) is 11.3 Å². The van der Waals surface area contributed by atoms with Crippen molar-refractivity contribution in [2.75, 3.05) is 4.72 Å². The van der Waals surface area contributed by atoms with Gasteiger partial charge >= 0.3 is 0 Å². The van der Waals surface area contributed by atoms with Crippen molar-refractivity contribution >= 4 is 27.2 Å². The fraction of sp³-hybridized carbons (Fsp3) is 0.250. The molecule has 1 aliphatic carbocycles. The van der Waals surface area contributed by atoms with Crippen molar-refractivity contribution in [3.05, 3.63) is 46.6 Å². The molecule has 4 rings (SSSR count). The number of aryl methyl sites for hydroxylation is 1. The van der Waals surface area contributed by atoms with Crippen molar-refractivity contribution in [2.24, 2.45) is 0 Å². The zero-order chi connectivity index (χ0) is 16.7. The molecule has 2 heterocycles. The van der Waals surface area contributed by atoms with E-state index in [9.17, 15) is 8.42 Å². The number of nitrogens with zero attached hydrogens (tertiary/aromatic N) is 2. The molecule has 6 nitrogen and oxygen atoms in total. The summed E-state index contributed by atoms with van der Waals surface area (Å²) < 4.78 is 33.8. The SMILES string of the molecule is Cc1nc(S(=O)(=O)Nc2ncsc2C2CC2)c(-c2ccccc2)o1. The van der Waals surface area contributed by atoms with E-state index in [4.69, 9.17) is 4.42 Å². The van der Waals surface area contributed by atoms with Gasteiger partial charge in [-0.15, -0.1) is 11.3 Å². The highest BCUT2D eigenvalue weighted by Crippen LogP contribution is 2.45. The average Bonchev–Trinajstić information content (AvgIpc) is 3.17. The predicted octanol–water partition coefficient (Wildman–Crippen LogP) is 3.78. The molecule has 2 aromatic heterocycles. The van der Waals surface area contributed by atoms with Gasteiger partial charge in [0, 0.05) is 12.5 Å². The van der Waals surface area contributed by atoms with E-state index >= 15 is 0 Å².